The van der Waals surface area contributed by atoms with Gasteiger partial charge in [-0.25, -0.2) is 4.79 Å². The SMILES string of the molecule is CC[C@@]12OC(SC)C3=C(C(=O)OCc4ccccc4)N(C1=O)[C@H]2S3. The van der Waals surface area contributed by atoms with Gasteiger partial charge in [-0.15, -0.1) is 11.8 Å². The Morgan fingerprint density at radius 1 is 1.42 bits per heavy atom. The van der Waals surface area contributed by atoms with Gasteiger partial charge in [0.15, 0.2) is 5.60 Å². The molecule has 1 amide bonds. The van der Waals surface area contributed by atoms with Crippen LogP contribution in [0.25, 0.3) is 0 Å². The van der Waals surface area contributed by atoms with E-state index in [0.29, 0.717) is 12.1 Å². The first-order chi connectivity index (χ1) is 11.6. The van der Waals surface area contributed by atoms with E-state index in [2.05, 4.69) is 0 Å². The van der Waals surface area contributed by atoms with E-state index in [1.54, 1.807) is 16.7 Å². The van der Waals surface area contributed by atoms with Crippen molar-refractivity contribution in [3.63, 3.8) is 0 Å². The number of amides is 1. The third kappa shape index (κ3) is 2.08. The summed E-state index contributed by atoms with van der Waals surface area (Å²) < 4.78 is 11.5. The molecule has 24 heavy (non-hydrogen) atoms. The lowest BCUT2D eigenvalue weighted by molar-refractivity contribution is -0.187. The molecule has 1 aromatic rings. The van der Waals surface area contributed by atoms with Crippen LogP contribution in [0.4, 0.5) is 0 Å². The van der Waals surface area contributed by atoms with Gasteiger partial charge in [-0.2, -0.15) is 0 Å². The summed E-state index contributed by atoms with van der Waals surface area (Å²) in [6, 6.07) is 9.51. The number of hydrogen-bond donors (Lipinski definition) is 0. The standard InChI is InChI=1S/C17H17NO4S2/c1-3-17-15(20)18-11(12(24-16(17)18)14(22-17)23-2)13(19)21-9-10-7-5-4-6-8-10/h4-8,14,16H,3,9H2,1-2H3/t14?,16-,17+/m0/s1. The minimum absolute atomic E-state index is 0.124. The number of ether oxygens (including phenoxy) is 2. The zero-order chi connectivity index (χ0) is 16.9. The van der Waals surface area contributed by atoms with Crippen molar-refractivity contribution >= 4 is 35.4 Å². The summed E-state index contributed by atoms with van der Waals surface area (Å²) in [7, 11) is 0. The number of carbonyl (C=O) groups is 2. The number of esters is 1. The van der Waals surface area contributed by atoms with Gasteiger partial charge in [-0.1, -0.05) is 49.0 Å². The van der Waals surface area contributed by atoms with E-state index >= 15 is 0 Å². The molecule has 3 atom stereocenters. The molecule has 126 valence electrons. The van der Waals surface area contributed by atoms with Crippen molar-refractivity contribution in [2.24, 2.45) is 0 Å². The molecule has 2 bridgehead atoms. The van der Waals surface area contributed by atoms with Gasteiger partial charge in [-0.05, 0) is 18.2 Å². The Bertz CT molecular complexity index is 735. The third-order valence-corrected chi connectivity index (χ3v) is 6.99. The van der Waals surface area contributed by atoms with E-state index in [-0.39, 0.29) is 23.3 Å². The number of rotatable bonds is 5. The number of β-lactam (4-membered cyclic amide) rings is 1. The third-order valence-electron chi connectivity index (χ3n) is 4.60. The summed E-state index contributed by atoms with van der Waals surface area (Å²) in [5.41, 5.74) is 0.206. The lowest BCUT2D eigenvalue weighted by Gasteiger charge is -2.53. The van der Waals surface area contributed by atoms with Crippen molar-refractivity contribution in [2.45, 2.75) is 36.4 Å². The first-order valence-electron chi connectivity index (χ1n) is 7.78. The zero-order valence-electron chi connectivity index (χ0n) is 13.4. The fraction of sp³-hybridized carbons (Fsp3) is 0.412. The highest BCUT2D eigenvalue weighted by Crippen LogP contribution is 2.61. The topological polar surface area (TPSA) is 55.8 Å². The number of thioether (sulfide) groups is 2. The fourth-order valence-electron chi connectivity index (χ4n) is 3.29. The Morgan fingerprint density at radius 2 is 2.17 bits per heavy atom. The van der Waals surface area contributed by atoms with Crippen molar-refractivity contribution in [2.75, 3.05) is 6.26 Å². The van der Waals surface area contributed by atoms with Crippen LogP contribution >= 0.6 is 23.5 Å². The van der Waals surface area contributed by atoms with Gasteiger partial charge in [0.25, 0.3) is 5.91 Å². The quantitative estimate of drug-likeness (QED) is 0.592. The van der Waals surface area contributed by atoms with Crippen LogP contribution in [0.2, 0.25) is 0 Å². The van der Waals surface area contributed by atoms with Crippen molar-refractivity contribution < 1.29 is 19.1 Å². The predicted octanol–water partition coefficient (Wildman–Crippen LogP) is 2.72. The molecule has 1 aromatic carbocycles. The molecule has 0 aromatic heterocycles. The minimum atomic E-state index is -0.788. The fourth-order valence-corrected chi connectivity index (χ4v) is 5.86. The first kappa shape index (κ1) is 16.1. The number of nitrogens with zero attached hydrogens (tertiary/aromatic N) is 1. The Hall–Kier alpha value is -1.44. The largest absolute Gasteiger partial charge is 0.456 e. The van der Waals surface area contributed by atoms with Crippen LogP contribution in [-0.2, 0) is 25.7 Å². The van der Waals surface area contributed by atoms with Crippen LogP contribution in [0.1, 0.15) is 18.9 Å². The second kappa shape index (κ2) is 5.82. The zero-order valence-corrected chi connectivity index (χ0v) is 15.0. The first-order valence-corrected chi connectivity index (χ1v) is 9.95. The molecule has 0 radical (unpaired) electrons. The van der Waals surface area contributed by atoms with Crippen molar-refractivity contribution in [3.8, 4) is 0 Å². The van der Waals surface area contributed by atoms with Crippen LogP contribution in [0.15, 0.2) is 40.9 Å². The average molecular weight is 363 g/mol. The number of fused-ring (bicyclic) bond motifs is 1. The molecular formula is C17H17NO4S2. The molecule has 3 aliphatic rings. The monoisotopic (exact) mass is 363 g/mol. The van der Waals surface area contributed by atoms with Crippen LogP contribution in [-0.4, -0.2) is 39.4 Å². The Labute approximate surface area is 148 Å². The van der Waals surface area contributed by atoms with Crippen molar-refractivity contribution in [3.05, 3.63) is 46.5 Å². The van der Waals surface area contributed by atoms with Gasteiger partial charge >= 0.3 is 5.97 Å². The van der Waals surface area contributed by atoms with E-state index in [1.807, 2.05) is 43.5 Å². The summed E-state index contributed by atoms with van der Waals surface area (Å²) in [5, 5.41) is -0.132. The predicted molar refractivity (Wildman–Crippen MR) is 92.9 cm³/mol. The van der Waals surface area contributed by atoms with Gasteiger partial charge in [0.05, 0.1) is 4.91 Å². The van der Waals surface area contributed by atoms with Gasteiger partial charge in [0.1, 0.15) is 23.1 Å². The highest BCUT2D eigenvalue weighted by Gasteiger charge is 2.71. The van der Waals surface area contributed by atoms with E-state index < -0.39 is 11.6 Å². The Morgan fingerprint density at radius 3 is 2.83 bits per heavy atom. The second-order valence-electron chi connectivity index (χ2n) is 5.85. The Balaban J connectivity index is 1.58. The maximum Gasteiger partial charge on any atom is 0.356 e. The van der Waals surface area contributed by atoms with Gasteiger partial charge in [0.2, 0.25) is 0 Å². The molecule has 0 aliphatic carbocycles. The van der Waals surface area contributed by atoms with Crippen LogP contribution in [0.5, 0.6) is 0 Å². The summed E-state index contributed by atoms with van der Waals surface area (Å²) >= 11 is 3.07. The maximum absolute atomic E-state index is 12.6. The van der Waals surface area contributed by atoms with Crippen molar-refractivity contribution in [1.29, 1.82) is 0 Å². The highest BCUT2D eigenvalue weighted by molar-refractivity contribution is 8.06. The molecule has 3 aliphatic heterocycles. The molecule has 5 nitrogen and oxygen atoms in total. The van der Waals surface area contributed by atoms with E-state index in [9.17, 15) is 9.59 Å². The lowest BCUT2D eigenvalue weighted by Crippen LogP contribution is -2.72. The summed E-state index contributed by atoms with van der Waals surface area (Å²) in [6.45, 7) is 2.14. The van der Waals surface area contributed by atoms with Crippen LogP contribution < -0.4 is 0 Å². The van der Waals surface area contributed by atoms with Crippen molar-refractivity contribution in [1.82, 2.24) is 4.90 Å². The van der Waals surface area contributed by atoms with Gasteiger partial charge in [0, 0.05) is 0 Å². The molecule has 2 saturated heterocycles. The van der Waals surface area contributed by atoms with E-state index in [0.717, 1.165) is 10.5 Å². The highest BCUT2D eigenvalue weighted by atomic mass is 32.2. The maximum atomic E-state index is 12.6. The molecular weight excluding hydrogens is 346 g/mol. The molecule has 2 fully saturated rings. The summed E-state index contributed by atoms with van der Waals surface area (Å²) in [5.74, 6) is -0.577. The van der Waals surface area contributed by atoms with Crippen LogP contribution in [0, 0.1) is 0 Å². The normalized spacial score (nSPS) is 30.4. The summed E-state index contributed by atoms with van der Waals surface area (Å²) in [6.07, 6.45) is 2.53. The smallest absolute Gasteiger partial charge is 0.356 e. The average Bonchev–Trinajstić information content (AvgIpc) is 2.88. The summed E-state index contributed by atoms with van der Waals surface area (Å²) in [4.78, 5) is 27.7. The second-order valence-corrected chi connectivity index (χ2v) is 7.87. The van der Waals surface area contributed by atoms with Crippen LogP contribution in [0.3, 0.4) is 0 Å². The molecule has 0 N–H and O–H groups in total. The lowest BCUT2D eigenvalue weighted by atomic mass is 9.89. The minimum Gasteiger partial charge on any atom is -0.456 e. The van der Waals surface area contributed by atoms with E-state index in [1.165, 1.54) is 11.8 Å². The molecule has 3 heterocycles. The Kier molecular flexibility index (Phi) is 3.89. The van der Waals surface area contributed by atoms with E-state index in [4.69, 9.17) is 9.47 Å². The molecule has 7 heteroatoms. The van der Waals surface area contributed by atoms with Gasteiger partial charge in [-0.3, -0.25) is 9.69 Å². The number of benzene rings is 1. The van der Waals surface area contributed by atoms with Gasteiger partial charge < -0.3 is 9.47 Å². The molecule has 0 saturated carbocycles. The molecule has 0 spiro atoms. The number of carbonyl (C=O) groups excluding carboxylic acids is 2. The molecule has 1 unspecified atom stereocenters. The molecule has 4 rings (SSSR count). The number of hydrogen-bond acceptors (Lipinski definition) is 6.